The third-order valence-electron chi connectivity index (χ3n) is 18.7. The molecule has 0 spiro atoms. The number of urea groups is 3. The molecule has 39 nitrogen and oxygen atoms in total. The number of hydrogen-bond acceptors (Lipinski definition) is 29. The molecule has 0 unspecified atom stereocenters. The number of aliphatic hydroxyl groups is 9. The fraction of sp³-hybridized carbons (Fsp3) is 0.827. The number of nitrogens with one attached hydrogen (secondary N) is 10. The van der Waals surface area contributed by atoms with Crippen LogP contribution >= 0.6 is 0 Å². The molecule has 1 aromatic rings. The Morgan fingerprint density at radius 2 is 0.632 bits per heavy atom. The van der Waals surface area contributed by atoms with E-state index in [1.165, 1.54) is 20.8 Å². The minimum atomic E-state index is -1.33. The lowest BCUT2D eigenvalue weighted by molar-refractivity contribution is -0.196. The second-order valence-electron chi connectivity index (χ2n) is 28.3. The van der Waals surface area contributed by atoms with Crippen LogP contribution in [0.5, 0.6) is 0 Å². The first kappa shape index (κ1) is 100. The van der Waals surface area contributed by atoms with Gasteiger partial charge in [-0.3, -0.25) is 14.4 Å². The average molecular weight is 1640 g/mol. The molecule has 0 aliphatic carbocycles. The summed E-state index contributed by atoms with van der Waals surface area (Å²) in [5.41, 5.74) is -0.575. The molecule has 1 aromatic carbocycles. The van der Waals surface area contributed by atoms with Crippen LogP contribution in [0.1, 0.15) is 123 Å². The van der Waals surface area contributed by atoms with Crippen molar-refractivity contribution >= 4 is 41.9 Å². The first-order chi connectivity index (χ1) is 55.1. The first-order valence-corrected chi connectivity index (χ1v) is 40.0. The van der Waals surface area contributed by atoms with Crippen LogP contribution in [0.4, 0.5) is 19.2 Å². The zero-order valence-corrected chi connectivity index (χ0v) is 66.6. The van der Waals surface area contributed by atoms with Crippen molar-refractivity contribution in [3.8, 4) is 0 Å². The first-order valence-electron chi connectivity index (χ1n) is 40.0. The van der Waals surface area contributed by atoms with E-state index >= 15 is 0 Å². The van der Waals surface area contributed by atoms with Crippen LogP contribution in [0.15, 0.2) is 30.3 Å². The van der Waals surface area contributed by atoms with Gasteiger partial charge in [-0.1, -0.05) is 68.9 Å². The molecule has 0 radical (unpaired) electrons. The van der Waals surface area contributed by atoms with Gasteiger partial charge in [-0.15, -0.1) is 0 Å². The molecular weight excluding hydrogens is 1500 g/mol. The van der Waals surface area contributed by atoms with Crippen molar-refractivity contribution in [3.63, 3.8) is 0 Å². The van der Waals surface area contributed by atoms with Gasteiger partial charge < -0.3 is 161 Å². The minimum Gasteiger partial charge on any atom is -0.445 e. The summed E-state index contributed by atoms with van der Waals surface area (Å²) in [5.74, 6) is -1.11. The van der Waals surface area contributed by atoms with Gasteiger partial charge >= 0.3 is 24.2 Å². The molecule has 114 heavy (non-hydrogen) atoms. The summed E-state index contributed by atoms with van der Waals surface area (Å²) in [4.78, 5) is 86.8. The second kappa shape index (κ2) is 61.2. The van der Waals surface area contributed by atoms with E-state index < -0.39 is 141 Å². The Balaban J connectivity index is 1.15. The zero-order chi connectivity index (χ0) is 83.0. The molecule has 4 rings (SSSR count). The number of hydrogen-bond donors (Lipinski definition) is 19. The third kappa shape index (κ3) is 42.8. The Bertz CT molecular complexity index is 2500. The highest BCUT2D eigenvalue weighted by Gasteiger charge is 2.47. The Kier molecular flexibility index (Phi) is 53.8. The molecule has 0 bridgehead atoms. The molecule has 15 atom stereocenters. The quantitative estimate of drug-likeness (QED) is 0.0300. The van der Waals surface area contributed by atoms with Crippen LogP contribution in [0, 0.1) is 0 Å². The molecular formula is C75H134N10O29. The molecule has 3 saturated heterocycles. The van der Waals surface area contributed by atoms with Crippen molar-refractivity contribution < 1.29 is 141 Å². The van der Waals surface area contributed by atoms with Gasteiger partial charge in [-0.2, -0.15) is 0 Å². The smallest absolute Gasteiger partial charge is 0.408 e. The predicted octanol–water partition coefficient (Wildman–Crippen LogP) is -2.49. The molecule has 10 amide bonds. The van der Waals surface area contributed by atoms with E-state index in [-0.39, 0.29) is 123 Å². The summed E-state index contributed by atoms with van der Waals surface area (Å²) in [7, 11) is 0. The van der Waals surface area contributed by atoms with Gasteiger partial charge in [0.1, 0.15) is 67.1 Å². The lowest BCUT2D eigenvalue weighted by atomic mass is 9.90. The molecule has 3 fully saturated rings. The number of rotatable bonds is 63. The summed E-state index contributed by atoms with van der Waals surface area (Å²) in [5, 5.41) is 119. The largest absolute Gasteiger partial charge is 0.445 e. The molecule has 3 aliphatic rings. The van der Waals surface area contributed by atoms with E-state index in [1.807, 2.05) is 30.3 Å². The van der Waals surface area contributed by atoms with E-state index in [2.05, 4.69) is 53.2 Å². The summed E-state index contributed by atoms with van der Waals surface area (Å²) >= 11 is 0. The van der Waals surface area contributed by atoms with E-state index in [9.17, 15) is 79.5 Å². The summed E-state index contributed by atoms with van der Waals surface area (Å²) in [6.45, 7) is 8.05. The van der Waals surface area contributed by atoms with Crippen molar-refractivity contribution in [2.45, 2.75) is 221 Å². The van der Waals surface area contributed by atoms with Gasteiger partial charge in [0.15, 0.2) is 0 Å². The fourth-order valence-electron chi connectivity index (χ4n) is 12.7. The van der Waals surface area contributed by atoms with Gasteiger partial charge in [0.05, 0.1) is 136 Å². The van der Waals surface area contributed by atoms with Gasteiger partial charge in [0, 0.05) is 99.7 Å². The van der Waals surface area contributed by atoms with Gasteiger partial charge in [0.25, 0.3) is 0 Å². The van der Waals surface area contributed by atoms with Crippen LogP contribution in [-0.4, -0.2) is 363 Å². The highest BCUT2D eigenvalue weighted by atomic mass is 16.6. The third-order valence-corrected chi connectivity index (χ3v) is 18.7. The summed E-state index contributed by atoms with van der Waals surface area (Å²) in [6, 6.07) is 5.44. The van der Waals surface area contributed by atoms with Crippen LogP contribution in [0.3, 0.4) is 0 Å². The van der Waals surface area contributed by atoms with Crippen molar-refractivity contribution in [3.05, 3.63) is 35.9 Å². The summed E-state index contributed by atoms with van der Waals surface area (Å²) in [6.07, 6.45) is -3.95. The number of unbranched alkanes of at least 4 members (excludes halogenated alkanes) is 6. The normalized spacial score (nSPS) is 23.6. The number of carbonyl (C=O) groups excluding carboxylic acids is 7. The Labute approximate surface area is 668 Å². The zero-order valence-electron chi connectivity index (χ0n) is 66.6. The van der Waals surface area contributed by atoms with Crippen LogP contribution in [0.25, 0.3) is 0 Å². The van der Waals surface area contributed by atoms with Crippen LogP contribution < -0.4 is 53.2 Å². The number of amides is 10. The van der Waals surface area contributed by atoms with E-state index in [0.717, 1.165) is 44.1 Å². The summed E-state index contributed by atoms with van der Waals surface area (Å²) < 4.78 is 75.4. The van der Waals surface area contributed by atoms with Crippen LogP contribution in [0.2, 0.25) is 0 Å². The lowest BCUT2D eigenvalue weighted by Crippen LogP contribution is -2.63. The van der Waals surface area contributed by atoms with Gasteiger partial charge in [-0.05, 0) is 63.4 Å². The van der Waals surface area contributed by atoms with Crippen LogP contribution in [-0.2, 0) is 82.6 Å². The minimum absolute atomic E-state index is 0.0370. The van der Waals surface area contributed by atoms with Gasteiger partial charge in [-0.25, -0.2) is 19.2 Å². The Morgan fingerprint density at radius 1 is 0.342 bits per heavy atom. The highest BCUT2D eigenvalue weighted by molar-refractivity contribution is 5.75. The molecule has 0 aromatic heterocycles. The highest BCUT2D eigenvalue weighted by Crippen LogP contribution is 2.28. The lowest BCUT2D eigenvalue weighted by Gasteiger charge is -2.42. The van der Waals surface area contributed by atoms with E-state index in [4.69, 9.17) is 61.6 Å². The maximum absolute atomic E-state index is 13.6. The van der Waals surface area contributed by atoms with Crippen molar-refractivity contribution in [1.82, 2.24) is 53.2 Å². The van der Waals surface area contributed by atoms with Gasteiger partial charge in [0.2, 0.25) is 17.7 Å². The Hall–Kier alpha value is -6.13. The predicted molar refractivity (Wildman–Crippen MR) is 409 cm³/mol. The number of carbonyl (C=O) groups is 7. The van der Waals surface area contributed by atoms with Crippen molar-refractivity contribution in [2.24, 2.45) is 0 Å². The number of benzene rings is 1. The maximum Gasteiger partial charge on any atom is 0.408 e. The van der Waals surface area contributed by atoms with Crippen molar-refractivity contribution in [1.29, 1.82) is 0 Å². The standard InChI is InChI=1S/C75H134N10O29/c1-52(89)82-62-56(112-59(45-86)65(92)68(62)95)21-10-5-13-30-102-39-42-105-36-27-79-71(98)76-24-16-33-108-49-75(85-74(101)111-48-55-19-8-4-9-20-55,50-109-34-17-25-77-72(99)80-28-37-106-43-40-103-31-14-6-11-22-57-63(83-53(2)90)69(96)66(93)60(46-87)113-57)51-110-35-18-26-78-73(100)81-29-38-107-44-41-104-32-15-7-12-23-58-64(84-54(3)91)70(97)67(94)61(47-88)114-58/h4,8-9,19-20,56-70,86-88,92-97H,5-7,10-18,21-51H2,1-3H3,(H,82,89)(H,83,90)(H,84,91)(H,85,101)(H2,76,79,98)(H2,77,80,99)(H2,78,81,100)/t56-,57-,58-,59-,60-,61-,62+,63+,64+,65+,66+,67+,68-,69-,70-/m1/s1. The average Bonchev–Trinajstić information content (AvgIpc) is 0.811. The van der Waals surface area contributed by atoms with E-state index in [1.54, 1.807) is 0 Å². The molecule has 0 saturated carbocycles. The van der Waals surface area contributed by atoms with E-state index in [0.29, 0.717) is 117 Å². The molecule has 3 heterocycles. The number of ether oxygens (including phenoxy) is 13. The second-order valence-corrected chi connectivity index (χ2v) is 28.3. The molecule has 3 aliphatic heterocycles. The Morgan fingerprint density at radius 3 is 0.930 bits per heavy atom. The monoisotopic (exact) mass is 1640 g/mol. The molecule has 658 valence electrons. The van der Waals surface area contributed by atoms with Crippen molar-refractivity contribution in [2.75, 3.05) is 178 Å². The maximum atomic E-state index is 13.6. The topological polar surface area (TPSA) is 542 Å². The number of aliphatic hydroxyl groups excluding tert-OH is 9. The SMILES string of the molecule is CC(=O)N[C@@H]1[C@@H](O)[C@@H](O)[C@@H](CO)O[C@@H]1CCCCCOCCOCCNC(=O)NCCCOCC(COCCCNC(=O)NCCOCCOCCCCC[C@H]1O[C@H](CO)[C@H](O)[C@H](O)[C@H]1NC(C)=O)(COCCCNC(=O)NCCOCCOCCCCC[C@H]1O[C@H](CO)[C@H](O)[C@H](O)[C@H]1NC(C)=O)NC(=O)OCc1ccccc1. The molecule has 39 heteroatoms. The number of alkyl carbamates (subject to hydrolysis) is 1. The fourth-order valence-corrected chi connectivity index (χ4v) is 12.7. The molecule has 19 N–H and O–H groups in total.